The highest BCUT2D eigenvalue weighted by Gasteiger charge is 2.40. The SMILES string of the molecule is CC(=O)NCC1CN(c2ccc(-c3ccc(N4CC(CO[Si](C)(C)C(C)(C)C)OC4=O)cc3F)c(F)c2)C(=O)O1. The van der Waals surface area contributed by atoms with Crippen LogP contribution in [0.4, 0.5) is 29.7 Å². The van der Waals surface area contributed by atoms with Gasteiger partial charge < -0.3 is 19.2 Å². The van der Waals surface area contributed by atoms with E-state index in [1.54, 1.807) is 0 Å². The Morgan fingerprint density at radius 2 is 1.43 bits per heavy atom. The number of hydrogen-bond donors (Lipinski definition) is 1. The molecule has 0 saturated carbocycles. The minimum Gasteiger partial charge on any atom is -0.442 e. The number of rotatable bonds is 8. The van der Waals surface area contributed by atoms with E-state index in [4.69, 9.17) is 13.9 Å². The molecule has 2 atom stereocenters. The van der Waals surface area contributed by atoms with Crippen LogP contribution in [0.15, 0.2) is 36.4 Å². The molecule has 2 aliphatic rings. The van der Waals surface area contributed by atoms with Gasteiger partial charge in [-0.2, -0.15) is 0 Å². The molecule has 1 N–H and O–H groups in total. The summed E-state index contributed by atoms with van der Waals surface area (Å²) in [5.74, 6) is -1.70. The summed E-state index contributed by atoms with van der Waals surface area (Å²) in [5, 5.41) is 2.59. The van der Waals surface area contributed by atoms with Gasteiger partial charge in [-0.3, -0.25) is 14.6 Å². The molecule has 9 nitrogen and oxygen atoms in total. The second-order valence-corrected chi connectivity index (χ2v) is 16.4. The van der Waals surface area contributed by atoms with Crippen molar-refractivity contribution < 1.29 is 37.1 Å². The number of halogens is 2. The van der Waals surface area contributed by atoms with Crippen LogP contribution in [0.5, 0.6) is 0 Å². The predicted octanol–water partition coefficient (Wildman–Crippen LogP) is 5.44. The summed E-state index contributed by atoms with van der Waals surface area (Å²) in [6, 6.07) is 8.13. The van der Waals surface area contributed by atoms with Crippen molar-refractivity contribution in [1.29, 1.82) is 0 Å². The lowest BCUT2D eigenvalue weighted by Gasteiger charge is -2.36. The van der Waals surface area contributed by atoms with E-state index in [-0.39, 0.29) is 54.0 Å². The third-order valence-corrected chi connectivity index (χ3v) is 12.1. The molecule has 0 radical (unpaired) electrons. The first-order valence-corrected chi connectivity index (χ1v) is 16.0. The van der Waals surface area contributed by atoms with Crippen molar-refractivity contribution in [2.45, 2.75) is 58.0 Å². The quantitative estimate of drug-likeness (QED) is 0.421. The lowest BCUT2D eigenvalue weighted by atomic mass is 10.0. The normalized spacial score (nSPS) is 19.6. The molecule has 0 aromatic heterocycles. The summed E-state index contributed by atoms with van der Waals surface area (Å²) in [6.45, 7) is 12.7. The zero-order valence-electron chi connectivity index (χ0n) is 23.5. The molecule has 12 heteroatoms. The number of nitrogens with one attached hydrogen (secondary N) is 1. The number of ether oxygens (including phenoxy) is 2. The number of anilines is 2. The van der Waals surface area contributed by atoms with Gasteiger partial charge in [0.05, 0.1) is 37.6 Å². The molecule has 2 aliphatic heterocycles. The van der Waals surface area contributed by atoms with Gasteiger partial charge in [0.1, 0.15) is 23.8 Å². The van der Waals surface area contributed by atoms with Gasteiger partial charge in [-0.1, -0.05) is 20.8 Å². The highest BCUT2D eigenvalue weighted by atomic mass is 28.4. The molecule has 0 bridgehead atoms. The number of nitrogens with zero attached hydrogens (tertiary/aromatic N) is 2. The van der Waals surface area contributed by atoms with Crippen LogP contribution >= 0.6 is 0 Å². The van der Waals surface area contributed by atoms with Gasteiger partial charge in [-0.15, -0.1) is 0 Å². The Morgan fingerprint density at radius 1 is 0.950 bits per heavy atom. The fraction of sp³-hybridized carbons (Fsp3) is 0.464. The molecule has 3 amide bonds. The minimum atomic E-state index is -2.03. The van der Waals surface area contributed by atoms with Gasteiger partial charge in [-0.25, -0.2) is 18.4 Å². The lowest BCUT2D eigenvalue weighted by molar-refractivity contribution is -0.119. The van der Waals surface area contributed by atoms with Gasteiger partial charge in [0.2, 0.25) is 5.91 Å². The smallest absolute Gasteiger partial charge is 0.414 e. The van der Waals surface area contributed by atoms with Crippen molar-refractivity contribution in [3.8, 4) is 11.1 Å². The Labute approximate surface area is 233 Å². The summed E-state index contributed by atoms with van der Waals surface area (Å²) >= 11 is 0. The standard InChI is InChI=1S/C28H35F2N3O6Si/c1-17(34)31-13-20-14-32(26(35)38-20)18-7-9-22(24(29)11-18)23-10-8-19(12-25(23)30)33-15-21(39-27(33)36)16-37-40(5,6)28(2,3)4/h7-12,20-21H,13-16H2,1-6H3,(H,31,34). The number of benzene rings is 2. The minimum absolute atomic E-state index is 0.000180. The summed E-state index contributed by atoms with van der Waals surface area (Å²) < 4.78 is 47.2. The Hall–Kier alpha value is -3.51. The predicted molar refractivity (Wildman–Crippen MR) is 149 cm³/mol. The molecule has 2 heterocycles. The molecule has 2 unspecified atom stereocenters. The van der Waals surface area contributed by atoms with Crippen LogP contribution in [0.3, 0.4) is 0 Å². The average molecular weight is 576 g/mol. The second kappa shape index (κ2) is 11.2. The summed E-state index contributed by atoms with van der Waals surface area (Å²) in [6.07, 6.45) is -2.31. The number of carbonyl (C=O) groups excluding carboxylic acids is 3. The van der Waals surface area contributed by atoms with Crippen molar-refractivity contribution in [3.63, 3.8) is 0 Å². The Kier molecular flexibility index (Phi) is 8.22. The summed E-state index contributed by atoms with van der Waals surface area (Å²) in [4.78, 5) is 38.5. The highest BCUT2D eigenvalue weighted by Crippen LogP contribution is 2.37. The van der Waals surface area contributed by atoms with Gasteiger partial charge in [0.15, 0.2) is 8.32 Å². The Balaban J connectivity index is 1.44. The maximum atomic E-state index is 15.2. The van der Waals surface area contributed by atoms with Gasteiger partial charge in [0, 0.05) is 18.1 Å². The molecule has 0 spiro atoms. The van der Waals surface area contributed by atoms with Crippen LogP contribution in [-0.4, -0.2) is 64.9 Å². The van der Waals surface area contributed by atoms with Crippen molar-refractivity contribution in [2.75, 3.05) is 36.0 Å². The van der Waals surface area contributed by atoms with Crippen LogP contribution < -0.4 is 15.1 Å². The van der Waals surface area contributed by atoms with E-state index in [9.17, 15) is 14.4 Å². The van der Waals surface area contributed by atoms with E-state index in [1.807, 2.05) is 0 Å². The maximum absolute atomic E-state index is 15.2. The first kappa shape index (κ1) is 29.5. The lowest BCUT2D eigenvalue weighted by Crippen LogP contribution is -2.43. The third kappa shape index (κ3) is 6.28. The van der Waals surface area contributed by atoms with Crippen LogP contribution in [-0.2, 0) is 18.7 Å². The number of carbonyl (C=O) groups is 3. The van der Waals surface area contributed by atoms with Crippen LogP contribution in [0.2, 0.25) is 18.1 Å². The summed E-state index contributed by atoms with van der Waals surface area (Å²) in [7, 11) is -2.03. The molecule has 2 aromatic rings. The van der Waals surface area contributed by atoms with E-state index in [1.165, 1.54) is 47.1 Å². The highest BCUT2D eigenvalue weighted by molar-refractivity contribution is 6.74. The van der Waals surface area contributed by atoms with Crippen LogP contribution in [0.25, 0.3) is 11.1 Å². The molecule has 4 rings (SSSR count). The first-order chi connectivity index (χ1) is 18.7. The van der Waals surface area contributed by atoms with Crippen molar-refractivity contribution in [3.05, 3.63) is 48.0 Å². The zero-order valence-corrected chi connectivity index (χ0v) is 24.5. The molecule has 2 saturated heterocycles. The molecule has 40 heavy (non-hydrogen) atoms. The van der Waals surface area contributed by atoms with E-state index in [0.717, 1.165) is 6.07 Å². The largest absolute Gasteiger partial charge is 0.442 e. The number of hydrogen-bond acceptors (Lipinski definition) is 6. The maximum Gasteiger partial charge on any atom is 0.414 e. The third-order valence-electron chi connectivity index (χ3n) is 7.58. The summed E-state index contributed by atoms with van der Waals surface area (Å²) in [5.41, 5.74) is 0.549. The average Bonchev–Trinajstić information content (AvgIpc) is 3.43. The molecule has 216 valence electrons. The Morgan fingerprint density at radius 3 is 1.88 bits per heavy atom. The molecule has 2 fully saturated rings. The fourth-order valence-electron chi connectivity index (χ4n) is 4.21. The van der Waals surface area contributed by atoms with E-state index < -0.39 is 44.3 Å². The van der Waals surface area contributed by atoms with Crippen molar-refractivity contribution >= 4 is 37.8 Å². The van der Waals surface area contributed by atoms with Crippen molar-refractivity contribution in [2.24, 2.45) is 0 Å². The van der Waals surface area contributed by atoms with Crippen LogP contribution in [0, 0.1) is 11.6 Å². The topological polar surface area (TPSA) is 97.4 Å². The zero-order chi connectivity index (χ0) is 29.4. The number of amides is 3. The van der Waals surface area contributed by atoms with E-state index in [0.29, 0.717) is 5.69 Å². The number of cyclic esters (lactones) is 2. The molecule has 2 aromatic carbocycles. The van der Waals surface area contributed by atoms with E-state index in [2.05, 4.69) is 39.2 Å². The van der Waals surface area contributed by atoms with E-state index >= 15 is 8.78 Å². The Bertz CT molecular complexity index is 1320. The molecule has 0 aliphatic carbocycles. The monoisotopic (exact) mass is 575 g/mol. The van der Waals surface area contributed by atoms with Gasteiger partial charge in [0.25, 0.3) is 0 Å². The van der Waals surface area contributed by atoms with Gasteiger partial charge >= 0.3 is 12.2 Å². The second-order valence-electron chi connectivity index (χ2n) is 11.6. The fourth-order valence-corrected chi connectivity index (χ4v) is 5.25. The van der Waals surface area contributed by atoms with Gasteiger partial charge in [-0.05, 0) is 54.5 Å². The molecular formula is C28H35F2N3O6Si. The van der Waals surface area contributed by atoms with Crippen LogP contribution in [0.1, 0.15) is 27.7 Å². The first-order valence-electron chi connectivity index (χ1n) is 13.1. The van der Waals surface area contributed by atoms with Crippen molar-refractivity contribution in [1.82, 2.24) is 5.32 Å². The molecular weight excluding hydrogens is 540 g/mol.